The Kier molecular flexibility index (Phi) is 6.53. The molecule has 0 bridgehead atoms. The van der Waals surface area contributed by atoms with Crippen molar-refractivity contribution in [2.45, 2.75) is 26.2 Å². The third kappa shape index (κ3) is 6.28. The van der Waals surface area contributed by atoms with Crippen LogP contribution in [0, 0.1) is 0 Å². The minimum absolute atomic E-state index is 0.0950. The van der Waals surface area contributed by atoms with Crippen molar-refractivity contribution in [3.8, 4) is 0 Å². The average molecular weight is 202 g/mol. The SMILES string of the molecule is CCCN(C)C(=O)NCCCC(=O)O. The van der Waals surface area contributed by atoms with Gasteiger partial charge in [0.2, 0.25) is 0 Å². The molecule has 2 N–H and O–H groups in total. The summed E-state index contributed by atoms with van der Waals surface area (Å²) in [5.41, 5.74) is 0. The molecule has 0 aliphatic carbocycles. The van der Waals surface area contributed by atoms with Gasteiger partial charge >= 0.3 is 12.0 Å². The smallest absolute Gasteiger partial charge is 0.317 e. The number of nitrogens with one attached hydrogen (secondary N) is 1. The minimum Gasteiger partial charge on any atom is -0.481 e. The van der Waals surface area contributed by atoms with Crippen LogP contribution in [0.2, 0.25) is 0 Å². The van der Waals surface area contributed by atoms with Gasteiger partial charge in [-0.05, 0) is 12.8 Å². The number of carbonyl (C=O) groups is 2. The van der Waals surface area contributed by atoms with E-state index in [1.165, 1.54) is 0 Å². The van der Waals surface area contributed by atoms with Crippen LogP contribution >= 0.6 is 0 Å². The Balaban J connectivity index is 3.48. The van der Waals surface area contributed by atoms with E-state index in [0.29, 0.717) is 19.5 Å². The molecule has 0 aromatic rings. The van der Waals surface area contributed by atoms with Crippen LogP contribution in [0.15, 0.2) is 0 Å². The summed E-state index contributed by atoms with van der Waals surface area (Å²) in [6.07, 6.45) is 1.48. The second kappa shape index (κ2) is 7.17. The summed E-state index contributed by atoms with van der Waals surface area (Å²) < 4.78 is 0. The van der Waals surface area contributed by atoms with E-state index in [4.69, 9.17) is 5.11 Å². The van der Waals surface area contributed by atoms with Gasteiger partial charge in [-0.2, -0.15) is 0 Å². The maximum absolute atomic E-state index is 11.2. The number of rotatable bonds is 6. The molecule has 5 heteroatoms. The third-order valence-corrected chi connectivity index (χ3v) is 1.75. The molecule has 0 atom stereocenters. The lowest BCUT2D eigenvalue weighted by molar-refractivity contribution is -0.137. The molecule has 0 fully saturated rings. The van der Waals surface area contributed by atoms with E-state index in [0.717, 1.165) is 6.42 Å². The molecule has 0 saturated heterocycles. The van der Waals surface area contributed by atoms with Gasteiger partial charge in [0.15, 0.2) is 0 Å². The van der Waals surface area contributed by atoms with E-state index in [1.54, 1.807) is 11.9 Å². The lowest BCUT2D eigenvalue weighted by atomic mass is 10.3. The summed E-state index contributed by atoms with van der Waals surface area (Å²) in [6.45, 7) is 3.12. The molecule has 0 aliphatic heterocycles. The molecule has 0 saturated carbocycles. The Labute approximate surface area is 84.1 Å². The molecule has 5 nitrogen and oxygen atoms in total. The Bertz CT molecular complexity index is 194. The largest absolute Gasteiger partial charge is 0.481 e. The first kappa shape index (κ1) is 12.7. The molecule has 82 valence electrons. The molecule has 0 aromatic carbocycles. The summed E-state index contributed by atoms with van der Waals surface area (Å²) >= 11 is 0. The number of carboxylic acids is 1. The van der Waals surface area contributed by atoms with Crippen LogP contribution in [0.1, 0.15) is 26.2 Å². The molecule has 0 rings (SSSR count). The van der Waals surface area contributed by atoms with E-state index < -0.39 is 5.97 Å². The highest BCUT2D eigenvalue weighted by molar-refractivity contribution is 5.73. The van der Waals surface area contributed by atoms with E-state index in [-0.39, 0.29) is 12.5 Å². The molecular weight excluding hydrogens is 184 g/mol. The molecule has 2 amide bonds. The van der Waals surface area contributed by atoms with Gasteiger partial charge in [0.1, 0.15) is 0 Å². The topological polar surface area (TPSA) is 69.6 Å². The number of hydrogen-bond acceptors (Lipinski definition) is 2. The zero-order chi connectivity index (χ0) is 11.0. The molecular formula is C9H18N2O3. The monoisotopic (exact) mass is 202 g/mol. The molecule has 0 heterocycles. The summed E-state index contributed by atoms with van der Waals surface area (Å²) in [6, 6.07) is -0.141. The lowest BCUT2D eigenvalue weighted by Gasteiger charge is -2.16. The first-order valence-electron chi connectivity index (χ1n) is 4.78. The van der Waals surface area contributed by atoms with Crippen molar-refractivity contribution < 1.29 is 14.7 Å². The van der Waals surface area contributed by atoms with Crippen LogP contribution in [-0.4, -0.2) is 42.1 Å². The van der Waals surface area contributed by atoms with Crippen molar-refractivity contribution in [3.05, 3.63) is 0 Å². The maximum atomic E-state index is 11.2. The first-order chi connectivity index (χ1) is 6.57. The predicted molar refractivity (Wildman–Crippen MR) is 53.2 cm³/mol. The van der Waals surface area contributed by atoms with Crippen molar-refractivity contribution in [2.75, 3.05) is 20.1 Å². The third-order valence-electron chi connectivity index (χ3n) is 1.75. The summed E-state index contributed by atoms with van der Waals surface area (Å²) in [4.78, 5) is 23.0. The number of hydrogen-bond donors (Lipinski definition) is 2. The summed E-state index contributed by atoms with van der Waals surface area (Å²) in [7, 11) is 1.72. The number of carbonyl (C=O) groups excluding carboxylic acids is 1. The Hall–Kier alpha value is -1.26. The molecule has 14 heavy (non-hydrogen) atoms. The van der Waals surface area contributed by atoms with E-state index in [1.807, 2.05) is 6.92 Å². The van der Waals surface area contributed by atoms with Gasteiger partial charge in [0.05, 0.1) is 0 Å². The van der Waals surface area contributed by atoms with E-state index >= 15 is 0 Å². The van der Waals surface area contributed by atoms with Gasteiger partial charge < -0.3 is 15.3 Å². The summed E-state index contributed by atoms with van der Waals surface area (Å²) in [5.74, 6) is -0.832. The Morgan fingerprint density at radius 2 is 2.07 bits per heavy atom. The molecule has 0 spiro atoms. The van der Waals surface area contributed by atoms with Crippen molar-refractivity contribution in [1.82, 2.24) is 10.2 Å². The van der Waals surface area contributed by atoms with Crippen LogP contribution in [0.5, 0.6) is 0 Å². The minimum atomic E-state index is -0.832. The highest BCUT2D eigenvalue weighted by Crippen LogP contribution is 1.90. The first-order valence-corrected chi connectivity index (χ1v) is 4.78. The fourth-order valence-electron chi connectivity index (χ4n) is 1.01. The quantitative estimate of drug-likeness (QED) is 0.629. The molecule has 0 unspecified atom stereocenters. The van der Waals surface area contributed by atoms with E-state index in [9.17, 15) is 9.59 Å². The van der Waals surface area contributed by atoms with Crippen LogP contribution in [0.3, 0.4) is 0 Å². The standard InChI is InChI=1S/C9H18N2O3/c1-3-7-11(2)9(14)10-6-4-5-8(12)13/h3-7H2,1-2H3,(H,10,14)(H,12,13). The lowest BCUT2D eigenvalue weighted by Crippen LogP contribution is -2.38. The molecule has 0 aromatic heterocycles. The Morgan fingerprint density at radius 1 is 1.43 bits per heavy atom. The Morgan fingerprint density at radius 3 is 2.57 bits per heavy atom. The molecule has 0 radical (unpaired) electrons. The van der Waals surface area contributed by atoms with Crippen molar-refractivity contribution in [3.63, 3.8) is 0 Å². The number of carboxylic acid groups (broad SMARTS) is 1. The number of aliphatic carboxylic acids is 1. The van der Waals surface area contributed by atoms with Crippen LogP contribution in [0.25, 0.3) is 0 Å². The fourth-order valence-corrected chi connectivity index (χ4v) is 1.01. The zero-order valence-corrected chi connectivity index (χ0v) is 8.75. The predicted octanol–water partition coefficient (Wildman–Crippen LogP) is 0.903. The van der Waals surface area contributed by atoms with Gasteiger partial charge in [0, 0.05) is 26.6 Å². The van der Waals surface area contributed by atoms with Crippen molar-refractivity contribution in [1.29, 1.82) is 0 Å². The fraction of sp³-hybridized carbons (Fsp3) is 0.778. The van der Waals surface area contributed by atoms with Crippen LogP contribution < -0.4 is 5.32 Å². The average Bonchev–Trinajstić information content (AvgIpc) is 2.12. The number of amides is 2. The van der Waals surface area contributed by atoms with Crippen molar-refractivity contribution in [2.24, 2.45) is 0 Å². The number of nitrogens with zero attached hydrogens (tertiary/aromatic N) is 1. The molecule has 0 aliphatic rings. The summed E-state index contributed by atoms with van der Waals surface area (Å²) in [5, 5.41) is 11.0. The highest BCUT2D eigenvalue weighted by Gasteiger charge is 2.05. The zero-order valence-electron chi connectivity index (χ0n) is 8.75. The van der Waals surface area contributed by atoms with Gasteiger partial charge in [-0.3, -0.25) is 4.79 Å². The van der Waals surface area contributed by atoms with Gasteiger partial charge in [-0.1, -0.05) is 6.92 Å². The normalized spacial score (nSPS) is 9.57. The van der Waals surface area contributed by atoms with Gasteiger partial charge in [0.25, 0.3) is 0 Å². The van der Waals surface area contributed by atoms with Crippen molar-refractivity contribution >= 4 is 12.0 Å². The second-order valence-electron chi connectivity index (χ2n) is 3.15. The van der Waals surface area contributed by atoms with Crippen LogP contribution in [0.4, 0.5) is 4.79 Å². The number of urea groups is 1. The van der Waals surface area contributed by atoms with E-state index in [2.05, 4.69) is 5.32 Å². The van der Waals surface area contributed by atoms with Gasteiger partial charge in [-0.25, -0.2) is 4.79 Å². The maximum Gasteiger partial charge on any atom is 0.317 e. The van der Waals surface area contributed by atoms with Crippen LogP contribution in [-0.2, 0) is 4.79 Å². The second-order valence-corrected chi connectivity index (χ2v) is 3.15. The highest BCUT2D eigenvalue weighted by atomic mass is 16.4. The van der Waals surface area contributed by atoms with Gasteiger partial charge in [-0.15, -0.1) is 0 Å².